The molecule has 5 nitrogen and oxygen atoms in total. The molecule has 0 radical (unpaired) electrons. The van der Waals surface area contributed by atoms with E-state index in [2.05, 4.69) is 27.0 Å². The Morgan fingerprint density at radius 3 is 2.86 bits per heavy atom. The standard InChI is InChI=1S/C17H16N4O/c22-16-14-12-20(11-13-5-2-1-3-6-13)10-7-15(14)19-17-18-8-4-9-21(16)17/h1-6,8-9H,7,10-12H2. The van der Waals surface area contributed by atoms with Crippen LogP contribution in [0.3, 0.4) is 0 Å². The molecule has 3 heterocycles. The molecule has 5 heteroatoms. The second-order valence-corrected chi connectivity index (χ2v) is 5.58. The van der Waals surface area contributed by atoms with Crippen LogP contribution in [0.5, 0.6) is 0 Å². The molecule has 3 aromatic rings. The Kier molecular flexibility index (Phi) is 3.20. The second-order valence-electron chi connectivity index (χ2n) is 5.58. The van der Waals surface area contributed by atoms with Crippen LogP contribution in [0.2, 0.25) is 0 Å². The normalized spacial score (nSPS) is 14.9. The van der Waals surface area contributed by atoms with Crippen molar-refractivity contribution in [2.45, 2.75) is 19.5 Å². The zero-order chi connectivity index (χ0) is 14.9. The molecule has 0 spiro atoms. The number of hydrogen-bond acceptors (Lipinski definition) is 4. The lowest BCUT2D eigenvalue weighted by molar-refractivity contribution is 0.241. The Labute approximate surface area is 127 Å². The van der Waals surface area contributed by atoms with Crippen LogP contribution in [0, 0.1) is 0 Å². The summed E-state index contributed by atoms with van der Waals surface area (Å²) >= 11 is 0. The molecule has 0 atom stereocenters. The number of fused-ring (bicyclic) bond motifs is 2. The van der Waals surface area contributed by atoms with Crippen LogP contribution in [-0.2, 0) is 19.5 Å². The molecule has 0 bridgehead atoms. The third kappa shape index (κ3) is 2.29. The van der Waals surface area contributed by atoms with Crippen LogP contribution in [0.4, 0.5) is 0 Å². The van der Waals surface area contributed by atoms with E-state index in [0.717, 1.165) is 30.8 Å². The van der Waals surface area contributed by atoms with Crippen LogP contribution in [0.25, 0.3) is 5.78 Å². The summed E-state index contributed by atoms with van der Waals surface area (Å²) in [4.78, 5) is 23.6. The molecule has 0 saturated carbocycles. The first-order valence-corrected chi connectivity index (χ1v) is 7.43. The molecule has 1 aliphatic rings. The van der Waals surface area contributed by atoms with Crippen molar-refractivity contribution >= 4 is 5.78 Å². The molecule has 0 aliphatic carbocycles. The number of benzene rings is 1. The van der Waals surface area contributed by atoms with Gasteiger partial charge in [0.25, 0.3) is 5.56 Å². The molecular formula is C17H16N4O. The average molecular weight is 292 g/mol. The maximum atomic E-state index is 12.6. The van der Waals surface area contributed by atoms with E-state index < -0.39 is 0 Å². The van der Waals surface area contributed by atoms with Gasteiger partial charge in [0.15, 0.2) is 0 Å². The first-order chi connectivity index (χ1) is 10.8. The van der Waals surface area contributed by atoms with Gasteiger partial charge < -0.3 is 0 Å². The summed E-state index contributed by atoms with van der Waals surface area (Å²) in [6.07, 6.45) is 4.19. The van der Waals surface area contributed by atoms with Gasteiger partial charge in [-0.05, 0) is 11.6 Å². The first kappa shape index (κ1) is 13.2. The van der Waals surface area contributed by atoms with Gasteiger partial charge >= 0.3 is 0 Å². The smallest absolute Gasteiger partial charge is 0.263 e. The van der Waals surface area contributed by atoms with Gasteiger partial charge in [-0.2, -0.15) is 0 Å². The minimum absolute atomic E-state index is 0.00543. The third-order valence-corrected chi connectivity index (χ3v) is 4.08. The largest absolute Gasteiger partial charge is 0.294 e. The highest BCUT2D eigenvalue weighted by molar-refractivity contribution is 5.34. The highest BCUT2D eigenvalue weighted by atomic mass is 16.1. The van der Waals surface area contributed by atoms with E-state index in [1.54, 1.807) is 18.5 Å². The highest BCUT2D eigenvalue weighted by Crippen LogP contribution is 2.16. The molecule has 4 rings (SSSR count). The van der Waals surface area contributed by atoms with Gasteiger partial charge in [0, 0.05) is 38.4 Å². The summed E-state index contributed by atoms with van der Waals surface area (Å²) in [7, 11) is 0. The van der Waals surface area contributed by atoms with Crippen molar-refractivity contribution in [3.8, 4) is 0 Å². The van der Waals surface area contributed by atoms with Crippen molar-refractivity contribution in [2.75, 3.05) is 6.54 Å². The summed E-state index contributed by atoms with van der Waals surface area (Å²) < 4.78 is 1.53. The maximum absolute atomic E-state index is 12.6. The fourth-order valence-corrected chi connectivity index (χ4v) is 2.97. The lowest BCUT2D eigenvalue weighted by atomic mass is 10.1. The Hall–Kier alpha value is -2.53. The third-order valence-electron chi connectivity index (χ3n) is 4.08. The minimum atomic E-state index is 0.00543. The van der Waals surface area contributed by atoms with E-state index in [0.29, 0.717) is 12.3 Å². The van der Waals surface area contributed by atoms with E-state index in [-0.39, 0.29) is 5.56 Å². The van der Waals surface area contributed by atoms with E-state index in [1.807, 2.05) is 18.2 Å². The summed E-state index contributed by atoms with van der Waals surface area (Å²) in [5.41, 5.74) is 2.97. The van der Waals surface area contributed by atoms with E-state index in [9.17, 15) is 4.79 Å². The highest BCUT2D eigenvalue weighted by Gasteiger charge is 2.21. The predicted octanol–water partition coefficient (Wildman–Crippen LogP) is 1.65. The topological polar surface area (TPSA) is 50.5 Å². The molecule has 2 aromatic heterocycles. The van der Waals surface area contributed by atoms with Crippen molar-refractivity contribution in [2.24, 2.45) is 0 Å². The first-order valence-electron chi connectivity index (χ1n) is 7.43. The van der Waals surface area contributed by atoms with Gasteiger partial charge in [0.2, 0.25) is 5.78 Å². The van der Waals surface area contributed by atoms with Gasteiger partial charge in [0.05, 0.1) is 11.3 Å². The van der Waals surface area contributed by atoms with Crippen molar-refractivity contribution in [3.63, 3.8) is 0 Å². The molecule has 22 heavy (non-hydrogen) atoms. The lowest BCUT2D eigenvalue weighted by Crippen LogP contribution is -2.36. The minimum Gasteiger partial charge on any atom is -0.294 e. The van der Waals surface area contributed by atoms with Crippen molar-refractivity contribution in [3.05, 3.63) is 76.0 Å². The van der Waals surface area contributed by atoms with Gasteiger partial charge in [-0.1, -0.05) is 30.3 Å². The van der Waals surface area contributed by atoms with E-state index in [1.165, 1.54) is 9.96 Å². The van der Waals surface area contributed by atoms with E-state index >= 15 is 0 Å². The van der Waals surface area contributed by atoms with Crippen molar-refractivity contribution in [1.29, 1.82) is 0 Å². The Balaban J connectivity index is 1.68. The number of aromatic nitrogens is 3. The number of hydrogen-bond donors (Lipinski definition) is 0. The molecule has 1 aromatic carbocycles. The zero-order valence-electron chi connectivity index (χ0n) is 12.1. The summed E-state index contributed by atoms with van der Waals surface area (Å²) in [5.74, 6) is 0.489. The maximum Gasteiger partial charge on any atom is 0.263 e. The van der Waals surface area contributed by atoms with E-state index in [4.69, 9.17) is 0 Å². The van der Waals surface area contributed by atoms with Crippen LogP contribution >= 0.6 is 0 Å². The fourth-order valence-electron chi connectivity index (χ4n) is 2.97. The van der Waals surface area contributed by atoms with Gasteiger partial charge in [-0.3, -0.25) is 14.1 Å². The van der Waals surface area contributed by atoms with Gasteiger partial charge in [-0.25, -0.2) is 9.97 Å². The lowest BCUT2D eigenvalue weighted by Gasteiger charge is -2.27. The molecule has 0 unspecified atom stereocenters. The Morgan fingerprint density at radius 2 is 2.00 bits per heavy atom. The zero-order valence-corrected chi connectivity index (χ0v) is 12.1. The number of rotatable bonds is 2. The molecule has 0 N–H and O–H groups in total. The molecule has 0 amide bonds. The van der Waals surface area contributed by atoms with Crippen LogP contribution in [0.1, 0.15) is 16.8 Å². The second kappa shape index (κ2) is 5.35. The molecule has 110 valence electrons. The Bertz CT molecular complexity index is 873. The molecular weight excluding hydrogens is 276 g/mol. The molecule has 0 fully saturated rings. The molecule has 0 saturated heterocycles. The fraction of sp³-hybridized carbons (Fsp3) is 0.235. The van der Waals surface area contributed by atoms with Crippen molar-refractivity contribution < 1.29 is 0 Å². The van der Waals surface area contributed by atoms with Crippen LogP contribution in [-0.4, -0.2) is 25.8 Å². The van der Waals surface area contributed by atoms with Crippen LogP contribution < -0.4 is 5.56 Å². The van der Waals surface area contributed by atoms with Crippen LogP contribution in [0.15, 0.2) is 53.6 Å². The SMILES string of the molecule is O=c1c2c(nc3ncccn13)CCN(Cc1ccccc1)C2. The monoisotopic (exact) mass is 292 g/mol. The van der Waals surface area contributed by atoms with Gasteiger partial charge in [-0.15, -0.1) is 0 Å². The Morgan fingerprint density at radius 1 is 1.14 bits per heavy atom. The molecule has 1 aliphatic heterocycles. The average Bonchev–Trinajstić information content (AvgIpc) is 2.57. The quantitative estimate of drug-likeness (QED) is 0.720. The predicted molar refractivity (Wildman–Crippen MR) is 83.5 cm³/mol. The summed E-state index contributed by atoms with van der Waals surface area (Å²) in [5, 5.41) is 0. The van der Waals surface area contributed by atoms with Gasteiger partial charge in [0.1, 0.15) is 0 Å². The summed E-state index contributed by atoms with van der Waals surface area (Å²) in [6, 6.07) is 12.1. The van der Waals surface area contributed by atoms with Crippen molar-refractivity contribution in [1.82, 2.24) is 19.3 Å². The summed E-state index contributed by atoms with van der Waals surface area (Å²) in [6.45, 7) is 2.42. The number of nitrogens with zero attached hydrogens (tertiary/aromatic N) is 4.